The van der Waals surface area contributed by atoms with Crippen molar-refractivity contribution >= 4 is 0 Å². The predicted molar refractivity (Wildman–Crippen MR) is 58.5 cm³/mol. The number of nitrogens with zero attached hydrogens (tertiary/aromatic N) is 3. The Bertz CT molecular complexity index is 311. The molecule has 0 aliphatic carbocycles. The number of aliphatic hydroxyl groups is 1. The average Bonchev–Trinajstić information content (AvgIpc) is 2.83. The molecule has 2 rings (SSSR count). The summed E-state index contributed by atoms with van der Waals surface area (Å²) in [5.74, 6) is 0. The largest absolute Gasteiger partial charge is 0.396 e. The van der Waals surface area contributed by atoms with Gasteiger partial charge in [-0.1, -0.05) is 0 Å². The highest BCUT2D eigenvalue weighted by molar-refractivity contribution is 5.04. The smallest absolute Gasteiger partial charge is 0.104 e. The fourth-order valence-corrected chi connectivity index (χ4v) is 2.18. The van der Waals surface area contributed by atoms with E-state index in [2.05, 4.69) is 27.9 Å². The lowest BCUT2D eigenvalue weighted by Gasteiger charge is -2.19. The molecule has 0 saturated carbocycles. The van der Waals surface area contributed by atoms with E-state index in [-0.39, 0.29) is 6.61 Å². The summed E-state index contributed by atoms with van der Waals surface area (Å²) in [5, 5.41) is 13.1. The summed E-state index contributed by atoms with van der Waals surface area (Å²) < 4.78 is 2.06. The Hall–Kier alpha value is -0.870. The lowest BCUT2D eigenvalue weighted by molar-refractivity contribution is 0.220. The summed E-state index contributed by atoms with van der Waals surface area (Å²) >= 11 is 0. The van der Waals surface area contributed by atoms with Crippen molar-refractivity contribution in [1.29, 1.82) is 0 Å². The SMILES string of the molecule is CN1CCCC1n1cc(CCCO)cn1. The monoisotopic (exact) mass is 209 g/mol. The molecule has 0 amide bonds. The third-order valence-electron chi connectivity index (χ3n) is 3.07. The van der Waals surface area contributed by atoms with Crippen LogP contribution in [0.5, 0.6) is 0 Å². The number of aliphatic hydroxyl groups excluding tert-OH is 1. The van der Waals surface area contributed by atoms with Gasteiger partial charge in [-0.15, -0.1) is 0 Å². The highest BCUT2D eigenvalue weighted by Crippen LogP contribution is 2.24. The summed E-state index contributed by atoms with van der Waals surface area (Å²) in [6, 6.07) is 0. The van der Waals surface area contributed by atoms with Crippen LogP contribution in [0.15, 0.2) is 12.4 Å². The summed E-state index contributed by atoms with van der Waals surface area (Å²) in [5.41, 5.74) is 1.23. The van der Waals surface area contributed by atoms with Crippen LogP contribution in [-0.4, -0.2) is 40.0 Å². The van der Waals surface area contributed by atoms with Crippen LogP contribution >= 0.6 is 0 Å². The number of hydrogen-bond donors (Lipinski definition) is 1. The first-order chi connectivity index (χ1) is 7.31. The second kappa shape index (κ2) is 4.77. The van der Waals surface area contributed by atoms with Crippen molar-refractivity contribution in [3.8, 4) is 0 Å². The van der Waals surface area contributed by atoms with Crippen molar-refractivity contribution in [2.75, 3.05) is 20.2 Å². The van der Waals surface area contributed by atoms with Gasteiger partial charge in [0.05, 0.1) is 6.20 Å². The maximum absolute atomic E-state index is 8.75. The van der Waals surface area contributed by atoms with E-state index in [0.29, 0.717) is 6.17 Å². The molecule has 1 unspecified atom stereocenters. The minimum absolute atomic E-state index is 0.258. The molecule has 1 aliphatic rings. The van der Waals surface area contributed by atoms with E-state index in [1.54, 1.807) is 0 Å². The van der Waals surface area contributed by atoms with Crippen molar-refractivity contribution in [3.05, 3.63) is 18.0 Å². The molecule has 1 saturated heterocycles. The molecule has 1 fully saturated rings. The quantitative estimate of drug-likeness (QED) is 0.805. The van der Waals surface area contributed by atoms with Gasteiger partial charge in [-0.3, -0.25) is 9.58 Å². The molecule has 4 heteroatoms. The molecule has 0 bridgehead atoms. The van der Waals surface area contributed by atoms with Gasteiger partial charge >= 0.3 is 0 Å². The van der Waals surface area contributed by atoms with E-state index in [9.17, 15) is 0 Å². The minimum Gasteiger partial charge on any atom is -0.396 e. The lowest BCUT2D eigenvalue weighted by atomic mass is 10.2. The van der Waals surface area contributed by atoms with Crippen LogP contribution in [0.1, 0.15) is 31.0 Å². The number of hydrogen-bond acceptors (Lipinski definition) is 3. The molecule has 1 aliphatic heterocycles. The topological polar surface area (TPSA) is 41.3 Å². The first-order valence-corrected chi connectivity index (χ1v) is 5.65. The Kier molecular flexibility index (Phi) is 3.38. The number of aryl methyl sites for hydroxylation is 1. The van der Waals surface area contributed by atoms with Gasteiger partial charge in [-0.05, 0) is 44.8 Å². The van der Waals surface area contributed by atoms with Crippen LogP contribution in [0.4, 0.5) is 0 Å². The minimum atomic E-state index is 0.258. The van der Waals surface area contributed by atoms with Crippen molar-refractivity contribution in [3.63, 3.8) is 0 Å². The van der Waals surface area contributed by atoms with Gasteiger partial charge in [-0.2, -0.15) is 5.10 Å². The summed E-state index contributed by atoms with van der Waals surface area (Å²) in [6.45, 7) is 1.42. The van der Waals surface area contributed by atoms with Crippen LogP contribution in [0.25, 0.3) is 0 Å². The molecular formula is C11H19N3O. The van der Waals surface area contributed by atoms with Crippen LogP contribution in [-0.2, 0) is 6.42 Å². The molecule has 1 aromatic rings. The van der Waals surface area contributed by atoms with Crippen LogP contribution < -0.4 is 0 Å². The predicted octanol–water partition coefficient (Wildman–Crippen LogP) is 1.03. The second-order valence-corrected chi connectivity index (χ2v) is 4.26. The first kappa shape index (κ1) is 10.6. The maximum atomic E-state index is 8.75. The Morgan fingerprint density at radius 1 is 1.60 bits per heavy atom. The van der Waals surface area contributed by atoms with E-state index in [0.717, 1.165) is 19.4 Å². The Balaban J connectivity index is 1.99. The third kappa shape index (κ3) is 2.38. The zero-order chi connectivity index (χ0) is 10.7. The van der Waals surface area contributed by atoms with E-state index in [1.165, 1.54) is 18.4 Å². The average molecular weight is 209 g/mol. The van der Waals surface area contributed by atoms with Crippen LogP contribution in [0, 0.1) is 0 Å². The Labute approximate surface area is 90.5 Å². The Morgan fingerprint density at radius 2 is 2.47 bits per heavy atom. The number of aromatic nitrogens is 2. The van der Waals surface area contributed by atoms with Gasteiger partial charge in [0.25, 0.3) is 0 Å². The van der Waals surface area contributed by atoms with E-state index < -0.39 is 0 Å². The number of likely N-dealkylation sites (tertiary alicyclic amines) is 1. The van der Waals surface area contributed by atoms with Gasteiger partial charge in [-0.25, -0.2) is 0 Å². The van der Waals surface area contributed by atoms with Gasteiger partial charge in [0.15, 0.2) is 0 Å². The van der Waals surface area contributed by atoms with Crippen molar-refractivity contribution in [2.45, 2.75) is 31.8 Å². The molecule has 1 N–H and O–H groups in total. The zero-order valence-electron chi connectivity index (χ0n) is 9.26. The van der Waals surface area contributed by atoms with Gasteiger partial charge < -0.3 is 5.11 Å². The van der Waals surface area contributed by atoms with Crippen LogP contribution in [0.2, 0.25) is 0 Å². The highest BCUT2D eigenvalue weighted by atomic mass is 16.2. The molecule has 4 nitrogen and oxygen atoms in total. The van der Waals surface area contributed by atoms with Gasteiger partial charge in [0.2, 0.25) is 0 Å². The van der Waals surface area contributed by atoms with Crippen molar-refractivity contribution in [2.24, 2.45) is 0 Å². The highest BCUT2D eigenvalue weighted by Gasteiger charge is 2.22. The van der Waals surface area contributed by atoms with Crippen molar-refractivity contribution < 1.29 is 5.11 Å². The molecule has 84 valence electrons. The standard InChI is InChI=1S/C11H19N3O/c1-13-6-2-5-11(13)14-9-10(8-12-14)4-3-7-15/h8-9,11,15H,2-7H2,1H3. The maximum Gasteiger partial charge on any atom is 0.104 e. The summed E-state index contributed by atoms with van der Waals surface area (Å²) in [7, 11) is 2.15. The molecule has 1 atom stereocenters. The second-order valence-electron chi connectivity index (χ2n) is 4.26. The molecule has 2 heterocycles. The Morgan fingerprint density at radius 3 is 3.13 bits per heavy atom. The molecule has 0 radical (unpaired) electrons. The lowest BCUT2D eigenvalue weighted by Crippen LogP contribution is -2.23. The zero-order valence-corrected chi connectivity index (χ0v) is 9.26. The normalized spacial score (nSPS) is 22.4. The fraction of sp³-hybridized carbons (Fsp3) is 0.727. The molecular weight excluding hydrogens is 190 g/mol. The third-order valence-corrected chi connectivity index (χ3v) is 3.07. The molecule has 15 heavy (non-hydrogen) atoms. The molecule has 1 aromatic heterocycles. The van der Waals surface area contributed by atoms with Crippen LogP contribution in [0.3, 0.4) is 0 Å². The number of rotatable bonds is 4. The van der Waals surface area contributed by atoms with Crippen molar-refractivity contribution in [1.82, 2.24) is 14.7 Å². The molecule has 0 spiro atoms. The molecule has 0 aromatic carbocycles. The van der Waals surface area contributed by atoms with E-state index in [1.807, 2.05) is 6.20 Å². The van der Waals surface area contributed by atoms with E-state index >= 15 is 0 Å². The summed E-state index contributed by atoms with van der Waals surface area (Å²) in [4.78, 5) is 2.34. The van der Waals surface area contributed by atoms with E-state index in [4.69, 9.17) is 5.11 Å². The van der Waals surface area contributed by atoms with Gasteiger partial charge in [0, 0.05) is 12.8 Å². The fourth-order valence-electron chi connectivity index (χ4n) is 2.18. The summed E-state index contributed by atoms with van der Waals surface area (Å²) in [6.07, 6.45) is 8.67. The first-order valence-electron chi connectivity index (χ1n) is 5.65. The van der Waals surface area contributed by atoms with Gasteiger partial charge in [0.1, 0.15) is 6.17 Å².